The number of furan rings is 1. The molecule has 0 spiro atoms. The van der Waals surface area contributed by atoms with Crippen LogP contribution in [-0.2, 0) is 10.0 Å². The van der Waals surface area contributed by atoms with E-state index in [-0.39, 0.29) is 5.91 Å². The zero-order chi connectivity index (χ0) is 30.3. The standard InChI is InChI=1S/C34H29N3O4S2/c1-21-13-15-22(16-14-21)32-31(33(38)35-2)27-18-26(28(19-29(27)41-32)37(3)43(4,39)40)24-11-8-12-25(17-24)30-20-36-34(42-30)23-9-6-5-7-10-23/h5-20H,1-4H3,(H,35,38). The molecule has 0 fully saturated rings. The zero-order valence-corrected chi connectivity index (χ0v) is 25.7. The van der Waals surface area contributed by atoms with Gasteiger partial charge in [-0.25, -0.2) is 13.4 Å². The van der Waals surface area contributed by atoms with Gasteiger partial charge in [0, 0.05) is 48.4 Å². The van der Waals surface area contributed by atoms with Crippen molar-refractivity contribution in [3.8, 4) is 43.5 Å². The number of carbonyl (C=O) groups excluding carboxylic acids is 1. The number of rotatable bonds is 7. The fourth-order valence-corrected chi connectivity index (χ4v) is 6.45. The Labute approximate surface area is 254 Å². The average Bonchev–Trinajstić information content (AvgIpc) is 3.66. The third-order valence-electron chi connectivity index (χ3n) is 7.40. The number of aromatic nitrogens is 1. The molecule has 4 aromatic carbocycles. The second kappa shape index (κ2) is 11.2. The largest absolute Gasteiger partial charge is 0.455 e. The van der Waals surface area contributed by atoms with Gasteiger partial charge >= 0.3 is 0 Å². The second-order valence-corrected chi connectivity index (χ2v) is 13.4. The number of carbonyl (C=O) groups is 1. The predicted molar refractivity (Wildman–Crippen MR) is 175 cm³/mol. The Morgan fingerprint density at radius 3 is 2.28 bits per heavy atom. The van der Waals surface area contributed by atoms with Gasteiger partial charge in [0.25, 0.3) is 5.91 Å². The van der Waals surface area contributed by atoms with Crippen molar-refractivity contribution in [2.24, 2.45) is 0 Å². The summed E-state index contributed by atoms with van der Waals surface area (Å²) in [5.74, 6) is 0.127. The number of sulfonamides is 1. The summed E-state index contributed by atoms with van der Waals surface area (Å²) in [5, 5.41) is 4.24. The van der Waals surface area contributed by atoms with Crippen LogP contribution in [0, 0.1) is 6.92 Å². The quantitative estimate of drug-likeness (QED) is 0.202. The molecule has 1 amide bonds. The van der Waals surface area contributed by atoms with E-state index in [0.717, 1.165) is 44.0 Å². The lowest BCUT2D eigenvalue weighted by Gasteiger charge is -2.21. The van der Waals surface area contributed by atoms with Crippen molar-refractivity contribution in [3.63, 3.8) is 0 Å². The number of nitrogens with zero attached hydrogens (tertiary/aromatic N) is 2. The van der Waals surface area contributed by atoms with Crippen molar-refractivity contribution in [2.75, 3.05) is 24.7 Å². The number of amides is 1. The van der Waals surface area contributed by atoms with Gasteiger partial charge in [-0.05, 0) is 30.2 Å². The van der Waals surface area contributed by atoms with Crippen LogP contribution in [0.2, 0.25) is 0 Å². The van der Waals surface area contributed by atoms with Gasteiger partial charge in [-0.3, -0.25) is 9.10 Å². The molecule has 6 aromatic rings. The van der Waals surface area contributed by atoms with E-state index in [4.69, 9.17) is 4.42 Å². The van der Waals surface area contributed by atoms with E-state index in [0.29, 0.717) is 33.5 Å². The molecule has 0 atom stereocenters. The molecule has 0 radical (unpaired) electrons. The normalized spacial score (nSPS) is 11.5. The number of thiazole rings is 1. The zero-order valence-electron chi connectivity index (χ0n) is 24.1. The maximum atomic E-state index is 13.3. The SMILES string of the molecule is CNC(=O)c1c(-c2ccc(C)cc2)oc2cc(N(C)S(C)(=O)=O)c(-c3cccc(-c4cnc(-c5ccccc5)s4)c3)cc12. The Kier molecular flexibility index (Phi) is 7.37. The van der Waals surface area contributed by atoms with Gasteiger partial charge in [0.1, 0.15) is 16.4 Å². The van der Waals surface area contributed by atoms with E-state index < -0.39 is 10.0 Å². The molecule has 0 saturated heterocycles. The van der Waals surface area contributed by atoms with Gasteiger partial charge in [-0.2, -0.15) is 0 Å². The highest BCUT2D eigenvalue weighted by molar-refractivity contribution is 7.92. The molecule has 43 heavy (non-hydrogen) atoms. The maximum absolute atomic E-state index is 13.3. The van der Waals surface area contributed by atoms with Crippen LogP contribution in [0.25, 0.3) is 54.4 Å². The van der Waals surface area contributed by atoms with Crippen molar-refractivity contribution in [3.05, 3.63) is 108 Å². The minimum atomic E-state index is -3.62. The van der Waals surface area contributed by atoms with Crippen molar-refractivity contribution in [1.29, 1.82) is 0 Å². The number of nitrogens with one attached hydrogen (secondary N) is 1. The van der Waals surface area contributed by atoms with E-state index in [9.17, 15) is 13.2 Å². The van der Waals surface area contributed by atoms with E-state index in [1.165, 1.54) is 11.4 Å². The summed E-state index contributed by atoms with van der Waals surface area (Å²) in [7, 11) is -0.526. The topological polar surface area (TPSA) is 92.5 Å². The first-order valence-corrected chi connectivity index (χ1v) is 16.3. The number of aryl methyl sites for hydroxylation is 1. The van der Waals surface area contributed by atoms with Crippen LogP contribution in [0.4, 0.5) is 5.69 Å². The van der Waals surface area contributed by atoms with Crippen LogP contribution in [-0.4, -0.2) is 39.7 Å². The van der Waals surface area contributed by atoms with Gasteiger partial charge in [-0.15, -0.1) is 11.3 Å². The number of hydrogen-bond acceptors (Lipinski definition) is 6. The Bertz CT molecular complexity index is 2080. The van der Waals surface area contributed by atoms with Crippen molar-refractivity contribution in [2.45, 2.75) is 6.92 Å². The van der Waals surface area contributed by atoms with Crippen molar-refractivity contribution < 1.29 is 17.6 Å². The summed E-state index contributed by atoms with van der Waals surface area (Å²) in [6.07, 6.45) is 3.02. The van der Waals surface area contributed by atoms with Crippen LogP contribution in [0.3, 0.4) is 0 Å². The number of anilines is 1. The van der Waals surface area contributed by atoms with Crippen LogP contribution < -0.4 is 9.62 Å². The summed E-state index contributed by atoms with van der Waals surface area (Å²) in [6.45, 7) is 1.99. The lowest BCUT2D eigenvalue weighted by Crippen LogP contribution is -2.25. The van der Waals surface area contributed by atoms with Crippen LogP contribution in [0.1, 0.15) is 15.9 Å². The maximum Gasteiger partial charge on any atom is 0.255 e. The first-order valence-electron chi connectivity index (χ1n) is 13.6. The Hall–Kier alpha value is -4.73. The predicted octanol–water partition coefficient (Wildman–Crippen LogP) is 7.62. The number of fused-ring (bicyclic) bond motifs is 1. The van der Waals surface area contributed by atoms with Gasteiger partial charge in [0.05, 0.1) is 22.4 Å². The lowest BCUT2D eigenvalue weighted by molar-refractivity contribution is 0.0964. The fourth-order valence-electron chi connectivity index (χ4n) is 5.02. The smallest absolute Gasteiger partial charge is 0.255 e. The van der Waals surface area contributed by atoms with Crippen molar-refractivity contribution in [1.82, 2.24) is 10.3 Å². The monoisotopic (exact) mass is 607 g/mol. The summed E-state index contributed by atoms with van der Waals surface area (Å²) >= 11 is 1.59. The fraction of sp³-hybridized carbons (Fsp3) is 0.118. The highest BCUT2D eigenvalue weighted by atomic mass is 32.2. The Balaban J connectivity index is 1.55. The first-order chi connectivity index (χ1) is 20.6. The molecule has 0 aliphatic heterocycles. The van der Waals surface area contributed by atoms with Gasteiger partial charge < -0.3 is 9.73 Å². The molecule has 7 nitrogen and oxygen atoms in total. The molecule has 0 aliphatic rings. The molecule has 216 valence electrons. The molecule has 0 saturated carbocycles. The molecule has 2 aromatic heterocycles. The highest BCUT2D eigenvalue weighted by Gasteiger charge is 2.26. The summed E-state index contributed by atoms with van der Waals surface area (Å²) in [4.78, 5) is 18.9. The van der Waals surface area contributed by atoms with Gasteiger partial charge in [-0.1, -0.05) is 78.4 Å². The molecule has 2 heterocycles. The van der Waals surface area contributed by atoms with Crippen molar-refractivity contribution >= 4 is 43.9 Å². The summed E-state index contributed by atoms with van der Waals surface area (Å²) in [6, 6.07) is 29.2. The van der Waals surface area contributed by atoms with Crippen LogP contribution >= 0.6 is 11.3 Å². The minimum absolute atomic E-state index is 0.295. The van der Waals surface area contributed by atoms with E-state index in [1.807, 2.05) is 98.0 Å². The molecule has 0 unspecified atom stereocenters. The summed E-state index contributed by atoms with van der Waals surface area (Å²) < 4.78 is 33.1. The van der Waals surface area contributed by atoms with E-state index in [2.05, 4.69) is 10.3 Å². The van der Waals surface area contributed by atoms with Gasteiger partial charge in [0.15, 0.2) is 0 Å². The number of benzene rings is 4. The summed E-state index contributed by atoms with van der Waals surface area (Å²) in [5.41, 5.74) is 6.51. The van der Waals surface area contributed by atoms with E-state index in [1.54, 1.807) is 24.5 Å². The molecule has 0 bridgehead atoms. The molecule has 9 heteroatoms. The van der Waals surface area contributed by atoms with E-state index >= 15 is 0 Å². The van der Waals surface area contributed by atoms with Gasteiger partial charge in [0.2, 0.25) is 10.0 Å². The lowest BCUT2D eigenvalue weighted by atomic mass is 9.97. The van der Waals surface area contributed by atoms with Crippen LogP contribution in [0.5, 0.6) is 0 Å². The Morgan fingerprint density at radius 1 is 0.884 bits per heavy atom. The molecular weight excluding hydrogens is 579 g/mol. The second-order valence-electron chi connectivity index (χ2n) is 10.3. The third kappa shape index (κ3) is 5.45. The molecular formula is C34H29N3O4S2. The first kappa shape index (κ1) is 28.4. The third-order valence-corrected chi connectivity index (χ3v) is 9.68. The highest BCUT2D eigenvalue weighted by Crippen LogP contribution is 2.42. The molecule has 0 aliphatic carbocycles. The number of hydrogen-bond donors (Lipinski definition) is 1. The minimum Gasteiger partial charge on any atom is -0.455 e. The average molecular weight is 608 g/mol. The van der Waals surface area contributed by atoms with Crippen LogP contribution in [0.15, 0.2) is 102 Å². The Morgan fingerprint density at radius 2 is 1.58 bits per heavy atom. The molecule has 6 rings (SSSR count). The molecule has 1 N–H and O–H groups in total.